The molecule has 33 heavy (non-hydrogen) atoms. The predicted molar refractivity (Wildman–Crippen MR) is 128 cm³/mol. The summed E-state index contributed by atoms with van der Waals surface area (Å²) in [5.41, 5.74) is 4.88. The molecule has 0 saturated carbocycles. The number of halogens is 1. The van der Waals surface area contributed by atoms with Crippen LogP contribution in [0.3, 0.4) is 0 Å². The van der Waals surface area contributed by atoms with Crippen molar-refractivity contribution < 1.29 is 17.9 Å². The maximum Gasteiger partial charge on any atom is 0.410 e. The van der Waals surface area contributed by atoms with Crippen molar-refractivity contribution in [1.82, 2.24) is 19.6 Å². The molecule has 1 atom stereocenters. The number of amides is 1. The molecule has 1 aliphatic rings. The highest BCUT2D eigenvalue weighted by Crippen LogP contribution is 2.30. The Balaban J connectivity index is 1.76. The van der Waals surface area contributed by atoms with Gasteiger partial charge in [-0.25, -0.2) is 23.1 Å². The first-order valence-electron chi connectivity index (χ1n) is 10.8. The second-order valence-electron chi connectivity index (χ2n) is 9.03. The van der Waals surface area contributed by atoms with E-state index in [1.807, 2.05) is 52.0 Å². The van der Waals surface area contributed by atoms with Gasteiger partial charge in [-0.05, 0) is 62.7 Å². The van der Waals surface area contributed by atoms with E-state index in [9.17, 15) is 13.2 Å². The van der Waals surface area contributed by atoms with Gasteiger partial charge in [-0.15, -0.1) is 4.83 Å². The summed E-state index contributed by atoms with van der Waals surface area (Å²) in [5.74, 6) is 0. The quantitative estimate of drug-likeness (QED) is 0.469. The normalized spacial score (nSPS) is 17.7. The van der Waals surface area contributed by atoms with Crippen LogP contribution in [0.2, 0.25) is 0 Å². The lowest BCUT2D eigenvalue weighted by Gasteiger charge is -2.40. The number of hydrazine groups is 1. The molecule has 0 aliphatic carbocycles. The molecular formula is C23H31ClN4O4S. The molecule has 1 fully saturated rings. The minimum absolute atomic E-state index is 0.176. The average molecular weight is 495 g/mol. The van der Waals surface area contributed by atoms with Gasteiger partial charge in [-0.1, -0.05) is 42.0 Å². The first-order valence-corrected chi connectivity index (χ1v) is 12.6. The van der Waals surface area contributed by atoms with Gasteiger partial charge in [0.1, 0.15) is 5.60 Å². The number of benzene rings is 2. The molecule has 1 heterocycles. The number of ether oxygens (including phenoxy) is 1. The largest absolute Gasteiger partial charge is 0.444 e. The lowest BCUT2D eigenvalue weighted by atomic mass is 9.97. The third-order valence-corrected chi connectivity index (χ3v) is 6.80. The van der Waals surface area contributed by atoms with E-state index in [2.05, 4.69) is 10.3 Å². The zero-order valence-electron chi connectivity index (χ0n) is 19.3. The second-order valence-corrected chi connectivity index (χ2v) is 11.2. The number of carbonyl (C=O) groups is 1. The first kappa shape index (κ1) is 25.5. The molecule has 2 N–H and O–H groups in total. The number of nitrogens with one attached hydrogen (secondary N) is 2. The molecule has 0 bridgehead atoms. The summed E-state index contributed by atoms with van der Waals surface area (Å²) in [7, 11) is -3.71. The Morgan fingerprint density at radius 1 is 1.12 bits per heavy atom. The molecule has 0 spiro atoms. The van der Waals surface area contributed by atoms with Crippen LogP contribution >= 0.6 is 11.8 Å². The molecule has 0 radical (unpaired) electrons. The van der Waals surface area contributed by atoms with Crippen LogP contribution in [0.25, 0.3) is 0 Å². The van der Waals surface area contributed by atoms with Gasteiger partial charge in [0.05, 0.1) is 10.9 Å². The Hall–Kier alpha value is -2.17. The molecule has 1 saturated heterocycles. The van der Waals surface area contributed by atoms with Crippen molar-refractivity contribution in [1.29, 1.82) is 0 Å². The highest BCUT2D eigenvalue weighted by Gasteiger charge is 2.35. The Kier molecular flexibility index (Phi) is 8.02. The number of hydrogen-bond donors (Lipinski definition) is 2. The number of piperazine rings is 1. The van der Waals surface area contributed by atoms with E-state index >= 15 is 0 Å². The fraction of sp³-hybridized carbons (Fsp3) is 0.435. The van der Waals surface area contributed by atoms with Crippen LogP contribution in [0.4, 0.5) is 4.79 Å². The number of aryl methyl sites for hydroxylation is 1. The second kappa shape index (κ2) is 10.4. The molecule has 3 rings (SSSR count). The molecule has 2 aromatic carbocycles. The lowest BCUT2D eigenvalue weighted by molar-refractivity contribution is 0.00588. The standard InChI is InChI=1S/C23H31ClN4O4S/c1-17-9-11-19(12-10-17)33(30,31)26-25-15-18-7-5-6-8-20(18)21-16-27(24)13-14-28(21)22(29)32-23(2,3)4/h5-12,21,25-26H,13-16H2,1-4H3. The number of sulfonamides is 1. The van der Waals surface area contributed by atoms with Crippen LogP contribution in [0.1, 0.15) is 43.5 Å². The highest BCUT2D eigenvalue weighted by molar-refractivity contribution is 7.89. The van der Waals surface area contributed by atoms with Crippen molar-refractivity contribution in [2.45, 2.75) is 50.8 Å². The Morgan fingerprint density at radius 3 is 2.45 bits per heavy atom. The molecule has 1 aliphatic heterocycles. The monoisotopic (exact) mass is 494 g/mol. The summed E-state index contributed by atoms with van der Waals surface area (Å²) in [5, 5.41) is 0. The van der Waals surface area contributed by atoms with Crippen molar-refractivity contribution in [3.05, 3.63) is 65.2 Å². The number of hydrogen-bond acceptors (Lipinski definition) is 6. The number of carbonyl (C=O) groups excluding carboxylic acids is 1. The SMILES string of the molecule is Cc1ccc(S(=O)(=O)NNCc2ccccc2C2CN(Cl)CCN2C(=O)OC(C)(C)C)cc1. The van der Waals surface area contributed by atoms with Gasteiger partial charge in [-0.2, -0.15) is 0 Å². The third kappa shape index (κ3) is 6.91. The maximum absolute atomic E-state index is 12.9. The average Bonchev–Trinajstić information content (AvgIpc) is 2.73. The van der Waals surface area contributed by atoms with Crippen molar-refractivity contribution >= 4 is 27.9 Å². The summed E-state index contributed by atoms with van der Waals surface area (Å²) in [4.78, 5) is 17.2. The molecule has 0 aromatic heterocycles. The van der Waals surface area contributed by atoms with Crippen LogP contribution < -0.4 is 10.3 Å². The predicted octanol–water partition coefficient (Wildman–Crippen LogP) is 3.73. The van der Waals surface area contributed by atoms with Crippen molar-refractivity contribution in [3.8, 4) is 0 Å². The summed E-state index contributed by atoms with van der Waals surface area (Å²) >= 11 is 6.31. The molecule has 1 unspecified atom stereocenters. The van der Waals surface area contributed by atoms with Crippen LogP contribution in [-0.4, -0.2) is 49.1 Å². The van der Waals surface area contributed by atoms with Crippen LogP contribution in [0, 0.1) is 6.92 Å². The molecule has 180 valence electrons. The number of rotatable bonds is 6. The lowest BCUT2D eigenvalue weighted by Crippen LogP contribution is -2.49. The van der Waals surface area contributed by atoms with Gasteiger partial charge in [-0.3, -0.25) is 4.90 Å². The van der Waals surface area contributed by atoms with E-state index in [0.717, 1.165) is 16.7 Å². The van der Waals surface area contributed by atoms with Crippen molar-refractivity contribution in [3.63, 3.8) is 0 Å². The van der Waals surface area contributed by atoms with E-state index in [1.165, 1.54) is 0 Å². The minimum atomic E-state index is -3.71. The maximum atomic E-state index is 12.9. The van der Waals surface area contributed by atoms with E-state index in [1.54, 1.807) is 33.6 Å². The first-order chi connectivity index (χ1) is 15.5. The van der Waals surface area contributed by atoms with Gasteiger partial charge < -0.3 is 4.74 Å². The Bertz CT molecular complexity index is 1070. The topological polar surface area (TPSA) is 91.0 Å². The zero-order chi connectivity index (χ0) is 24.2. The van der Waals surface area contributed by atoms with Gasteiger partial charge in [0.25, 0.3) is 10.0 Å². The van der Waals surface area contributed by atoms with Crippen molar-refractivity contribution in [2.24, 2.45) is 0 Å². The highest BCUT2D eigenvalue weighted by atomic mass is 35.5. The van der Waals surface area contributed by atoms with Crippen LogP contribution in [0.5, 0.6) is 0 Å². The fourth-order valence-corrected chi connectivity index (χ4v) is 4.66. The Morgan fingerprint density at radius 2 is 1.79 bits per heavy atom. The van der Waals surface area contributed by atoms with Crippen molar-refractivity contribution in [2.75, 3.05) is 19.6 Å². The smallest absolute Gasteiger partial charge is 0.410 e. The van der Waals surface area contributed by atoms with Gasteiger partial charge in [0, 0.05) is 26.2 Å². The Labute approximate surface area is 201 Å². The van der Waals surface area contributed by atoms with E-state index in [0.29, 0.717) is 19.6 Å². The number of nitrogens with zero attached hydrogens (tertiary/aromatic N) is 2. The van der Waals surface area contributed by atoms with Gasteiger partial charge in [0.2, 0.25) is 0 Å². The molecular weight excluding hydrogens is 464 g/mol. The van der Waals surface area contributed by atoms with E-state index < -0.39 is 21.7 Å². The van der Waals surface area contributed by atoms with E-state index in [4.69, 9.17) is 16.5 Å². The zero-order valence-corrected chi connectivity index (χ0v) is 20.9. The minimum Gasteiger partial charge on any atom is -0.444 e. The summed E-state index contributed by atoms with van der Waals surface area (Å²) < 4.78 is 32.4. The van der Waals surface area contributed by atoms with E-state index in [-0.39, 0.29) is 17.5 Å². The van der Waals surface area contributed by atoms with Crippen LogP contribution in [0.15, 0.2) is 53.4 Å². The summed E-state index contributed by atoms with van der Waals surface area (Å²) in [6.07, 6.45) is -0.403. The van der Waals surface area contributed by atoms with Crippen LogP contribution in [-0.2, 0) is 21.3 Å². The molecule has 10 heteroatoms. The van der Waals surface area contributed by atoms with Gasteiger partial charge in [0.15, 0.2) is 0 Å². The third-order valence-electron chi connectivity index (χ3n) is 5.19. The molecule has 8 nitrogen and oxygen atoms in total. The molecule has 2 aromatic rings. The summed E-state index contributed by atoms with van der Waals surface area (Å²) in [6.45, 7) is 8.97. The van der Waals surface area contributed by atoms with Gasteiger partial charge >= 0.3 is 6.09 Å². The molecule has 1 amide bonds. The fourth-order valence-electron chi connectivity index (χ4n) is 3.58. The summed E-state index contributed by atoms with van der Waals surface area (Å²) in [6, 6.07) is 13.8.